The molecule has 0 amide bonds. The number of phenols is 2. The van der Waals surface area contributed by atoms with E-state index in [2.05, 4.69) is 19.9 Å². The lowest BCUT2D eigenvalue weighted by atomic mass is 9.76. The van der Waals surface area contributed by atoms with E-state index in [-0.39, 0.29) is 23.9 Å². The largest absolute Gasteiger partial charge is 0.508 e. The Morgan fingerprint density at radius 3 is 2.12 bits per heavy atom. The molecule has 2 aromatic carbocycles. The van der Waals surface area contributed by atoms with Gasteiger partial charge in [0.25, 0.3) is 0 Å². The van der Waals surface area contributed by atoms with Crippen LogP contribution in [0.3, 0.4) is 0 Å². The lowest BCUT2D eigenvalue weighted by Gasteiger charge is -2.27. The van der Waals surface area contributed by atoms with Crippen LogP contribution in [0.25, 0.3) is 0 Å². The highest BCUT2D eigenvalue weighted by atomic mass is 16.6. The Balaban J connectivity index is 1.92. The van der Waals surface area contributed by atoms with Crippen LogP contribution in [0.2, 0.25) is 0 Å². The van der Waals surface area contributed by atoms with Crippen molar-refractivity contribution in [2.45, 2.75) is 44.6 Å². The van der Waals surface area contributed by atoms with E-state index < -0.39 is 0 Å². The minimum absolute atomic E-state index is 0.109. The van der Waals surface area contributed by atoms with Crippen LogP contribution < -0.4 is 0 Å². The molecule has 4 heteroatoms. The van der Waals surface area contributed by atoms with E-state index in [9.17, 15) is 10.2 Å². The van der Waals surface area contributed by atoms with Crippen LogP contribution in [0.1, 0.15) is 42.5 Å². The Hall–Kier alpha value is -2.04. The lowest BCUT2D eigenvalue weighted by Crippen LogP contribution is -2.19. The van der Waals surface area contributed by atoms with Crippen LogP contribution in [0, 0.1) is 0 Å². The highest BCUT2D eigenvalue weighted by Gasteiger charge is 2.28. The molecule has 4 nitrogen and oxygen atoms in total. The number of rotatable bonds is 7. The zero-order valence-electron chi connectivity index (χ0n) is 14.8. The zero-order valence-corrected chi connectivity index (χ0v) is 14.8. The monoisotopic (exact) mass is 342 g/mol. The second kappa shape index (κ2) is 7.06. The number of aliphatic hydroxyl groups excluding tert-OH is 1. The van der Waals surface area contributed by atoms with Crippen molar-refractivity contribution in [2.75, 3.05) is 13.2 Å². The van der Waals surface area contributed by atoms with Gasteiger partial charge in [0.05, 0.1) is 12.7 Å². The topological polar surface area (TPSA) is 73.2 Å². The molecular formula is C21H26O4. The van der Waals surface area contributed by atoms with Crippen LogP contribution >= 0.6 is 0 Å². The van der Waals surface area contributed by atoms with Crippen molar-refractivity contribution in [3.63, 3.8) is 0 Å². The van der Waals surface area contributed by atoms with Gasteiger partial charge in [-0.05, 0) is 47.2 Å². The Labute approximate surface area is 148 Å². The van der Waals surface area contributed by atoms with Gasteiger partial charge in [-0.1, -0.05) is 38.1 Å². The Morgan fingerprint density at radius 2 is 1.56 bits per heavy atom. The quantitative estimate of drug-likeness (QED) is 0.675. The van der Waals surface area contributed by atoms with Crippen molar-refractivity contribution in [1.29, 1.82) is 0 Å². The molecule has 0 saturated carbocycles. The van der Waals surface area contributed by atoms with Crippen molar-refractivity contribution in [2.24, 2.45) is 0 Å². The molecule has 1 fully saturated rings. The number of aliphatic hydroxyl groups is 1. The molecule has 0 bridgehead atoms. The first kappa shape index (κ1) is 17.8. The third-order valence-electron chi connectivity index (χ3n) is 5.06. The molecule has 1 aliphatic heterocycles. The van der Waals surface area contributed by atoms with E-state index in [1.54, 1.807) is 12.1 Å². The Morgan fingerprint density at radius 1 is 1.00 bits per heavy atom. The molecule has 1 atom stereocenters. The average Bonchev–Trinajstić information content (AvgIpc) is 3.40. The summed E-state index contributed by atoms with van der Waals surface area (Å²) in [6.07, 6.45) is 2.23. The van der Waals surface area contributed by atoms with Gasteiger partial charge >= 0.3 is 0 Å². The summed E-state index contributed by atoms with van der Waals surface area (Å²) in [5, 5.41) is 29.2. The van der Waals surface area contributed by atoms with Gasteiger partial charge in [0.2, 0.25) is 0 Å². The maximum absolute atomic E-state index is 10.1. The average molecular weight is 342 g/mol. The van der Waals surface area contributed by atoms with Gasteiger partial charge in [-0.25, -0.2) is 0 Å². The fraction of sp³-hybridized carbons (Fsp3) is 0.429. The number of aromatic hydroxyl groups is 2. The number of phenolic OH excluding ortho intramolecular Hbond substituents is 2. The summed E-state index contributed by atoms with van der Waals surface area (Å²) in [5.41, 5.74) is 3.70. The standard InChI is InChI=1S/C21H26O4/c1-21(2,16-5-7-19(23)14(10-16)4-3-9-22)17-6-8-20(24)15(11-17)12-18-13-25-18/h5-8,10-11,18,22-24H,3-4,9,12-13H2,1-2H3. The van der Waals surface area contributed by atoms with Crippen molar-refractivity contribution in [1.82, 2.24) is 0 Å². The summed E-state index contributed by atoms with van der Waals surface area (Å²) in [6.45, 7) is 5.15. The third-order valence-corrected chi connectivity index (χ3v) is 5.06. The molecule has 1 aliphatic rings. The molecule has 3 rings (SSSR count). The predicted octanol–water partition coefficient (Wildman–Crippen LogP) is 3.29. The first-order valence-electron chi connectivity index (χ1n) is 8.79. The fourth-order valence-corrected chi connectivity index (χ4v) is 3.18. The van der Waals surface area contributed by atoms with E-state index in [1.807, 2.05) is 18.2 Å². The predicted molar refractivity (Wildman–Crippen MR) is 97.2 cm³/mol. The van der Waals surface area contributed by atoms with E-state index in [0.717, 1.165) is 35.3 Å². The maximum atomic E-state index is 10.1. The second-order valence-electron chi connectivity index (χ2n) is 7.30. The van der Waals surface area contributed by atoms with Crippen LogP contribution in [0.5, 0.6) is 11.5 Å². The van der Waals surface area contributed by atoms with Crippen LogP contribution in [0.4, 0.5) is 0 Å². The summed E-state index contributed by atoms with van der Waals surface area (Å²) in [5.74, 6) is 0.578. The van der Waals surface area contributed by atoms with Gasteiger partial charge < -0.3 is 20.1 Å². The first-order chi connectivity index (χ1) is 11.9. The molecule has 0 radical (unpaired) electrons. The molecule has 1 saturated heterocycles. The van der Waals surface area contributed by atoms with Gasteiger partial charge in [0.15, 0.2) is 0 Å². The minimum atomic E-state index is -0.269. The van der Waals surface area contributed by atoms with Crippen LogP contribution in [0.15, 0.2) is 36.4 Å². The van der Waals surface area contributed by atoms with Crippen molar-refractivity contribution < 1.29 is 20.1 Å². The SMILES string of the molecule is CC(C)(c1ccc(O)c(CCCO)c1)c1ccc(O)c(CC2CO2)c1. The zero-order chi connectivity index (χ0) is 18.0. The van der Waals surface area contributed by atoms with Crippen LogP contribution in [-0.4, -0.2) is 34.6 Å². The van der Waals surface area contributed by atoms with Crippen molar-refractivity contribution >= 4 is 0 Å². The number of ether oxygens (including phenoxy) is 1. The first-order valence-corrected chi connectivity index (χ1v) is 8.79. The number of hydrogen-bond donors (Lipinski definition) is 3. The highest BCUT2D eigenvalue weighted by Crippen LogP contribution is 2.36. The highest BCUT2D eigenvalue weighted by molar-refractivity contribution is 5.47. The van der Waals surface area contributed by atoms with E-state index in [1.165, 1.54) is 0 Å². The molecule has 3 N–H and O–H groups in total. The molecular weight excluding hydrogens is 316 g/mol. The fourth-order valence-electron chi connectivity index (χ4n) is 3.18. The third kappa shape index (κ3) is 3.97. The van der Waals surface area contributed by atoms with Crippen LogP contribution in [-0.2, 0) is 23.0 Å². The lowest BCUT2D eigenvalue weighted by molar-refractivity contribution is 0.288. The van der Waals surface area contributed by atoms with Crippen molar-refractivity contribution in [3.8, 4) is 11.5 Å². The Kier molecular flexibility index (Phi) is 5.02. The van der Waals surface area contributed by atoms with Gasteiger partial charge in [0, 0.05) is 18.4 Å². The number of aryl methyl sites for hydroxylation is 1. The summed E-state index contributed by atoms with van der Waals surface area (Å²) in [6, 6.07) is 11.4. The molecule has 25 heavy (non-hydrogen) atoms. The van der Waals surface area contributed by atoms with E-state index >= 15 is 0 Å². The Bertz CT molecular complexity index is 748. The second-order valence-corrected chi connectivity index (χ2v) is 7.30. The summed E-state index contributed by atoms with van der Waals surface area (Å²) in [7, 11) is 0. The molecule has 134 valence electrons. The summed E-state index contributed by atoms with van der Waals surface area (Å²) in [4.78, 5) is 0. The number of benzene rings is 2. The molecule has 1 heterocycles. The molecule has 2 aromatic rings. The molecule has 1 unspecified atom stereocenters. The van der Waals surface area contributed by atoms with Gasteiger partial charge in [-0.2, -0.15) is 0 Å². The molecule has 0 aliphatic carbocycles. The molecule has 0 aromatic heterocycles. The summed E-state index contributed by atoms with van der Waals surface area (Å²) >= 11 is 0. The van der Waals surface area contributed by atoms with Gasteiger partial charge in [0.1, 0.15) is 11.5 Å². The maximum Gasteiger partial charge on any atom is 0.118 e. The van der Waals surface area contributed by atoms with E-state index in [4.69, 9.17) is 9.84 Å². The number of hydrogen-bond acceptors (Lipinski definition) is 4. The smallest absolute Gasteiger partial charge is 0.118 e. The normalized spacial score (nSPS) is 16.8. The number of epoxide rings is 1. The summed E-state index contributed by atoms with van der Waals surface area (Å²) < 4.78 is 5.28. The van der Waals surface area contributed by atoms with Crippen molar-refractivity contribution in [3.05, 3.63) is 58.7 Å². The van der Waals surface area contributed by atoms with Gasteiger partial charge in [-0.3, -0.25) is 0 Å². The van der Waals surface area contributed by atoms with E-state index in [0.29, 0.717) is 18.6 Å². The molecule has 0 spiro atoms. The van der Waals surface area contributed by atoms with Gasteiger partial charge in [-0.15, -0.1) is 0 Å². The minimum Gasteiger partial charge on any atom is -0.508 e.